The highest BCUT2D eigenvalue weighted by molar-refractivity contribution is 5.14. The normalized spacial score (nSPS) is 38.9. The lowest BCUT2D eigenvalue weighted by Gasteiger charge is -2.40. The SMILES string of the molecule is CC1(C)OC2CC1CC(OCc1ccccc1)C2(C)O. The van der Waals surface area contributed by atoms with Gasteiger partial charge in [0, 0.05) is 0 Å². The minimum absolute atomic E-state index is 0.114. The Morgan fingerprint density at radius 2 is 1.90 bits per heavy atom. The van der Waals surface area contributed by atoms with Gasteiger partial charge in [-0.1, -0.05) is 30.3 Å². The van der Waals surface area contributed by atoms with Gasteiger partial charge in [0.2, 0.25) is 0 Å². The largest absolute Gasteiger partial charge is 0.385 e. The molecule has 20 heavy (non-hydrogen) atoms. The maximum absolute atomic E-state index is 10.8. The van der Waals surface area contributed by atoms with E-state index in [1.165, 1.54) is 0 Å². The van der Waals surface area contributed by atoms with Gasteiger partial charge in [-0.2, -0.15) is 0 Å². The fourth-order valence-corrected chi connectivity index (χ4v) is 3.50. The molecule has 4 unspecified atom stereocenters. The Hall–Kier alpha value is -0.900. The molecule has 1 N–H and O–H groups in total. The average molecular weight is 276 g/mol. The van der Waals surface area contributed by atoms with Crippen LogP contribution in [0.15, 0.2) is 30.3 Å². The molecule has 1 aromatic rings. The Bertz CT molecular complexity index is 466. The van der Waals surface area contributed by atoms with Crippen LogP contribution in [-0.4, -0.2) is 28.5 Å². The Morgan fingerprint density at radius 1 is 1.20 bits per heavy atom. The van der Waals surface area contributed by atoms with E-state index in [0.717, 1.165) is 18.4 Å². The van der Waals surface area contributed by atoms with Crippen LogP contribution in [-0.2, 0) is 16.1 Å². The molecule has 110 valence electrons. The summed E-state index contributed by atoms with van der Waals surface area (Å²) >= 11 is 0. The third kappa shape index (κ3) is 2.39. The predicted octanol–water partition coefficient (Wildman–Crippen LogP) is 2.91. The summed E-state index contributed by atoms with van der Waals surface area (Å²) in [5.74, 6) is 0.466. The Balaban J connectivity index is 1.70. The molecule has 1 saturated heterocycles. The fourth-order valence-electron chi connectivity index (χ4n) is 3.50. The van der Waals surface area contributed by atoms with Crippen LogP contribution in [0.1, 0.15) is 39.2 Å². The summed E-state index contributed by atoms with van der Waals surface area (Å²) in [6.07, 6.45) is 1.53. The third-order valence-corrected chi connectivity index (χ3v) is 5.02. The minimum atomic E-state index is -0.904. The zero-order valence-corrected chi connectivity index (χ0v) is 12.5. The summed E-state index contributed by atoms with van der Waals surface area (Å²) in [4.78, 5) is 0. The van der Waals surface area contributed by atoms with Crippen LogP contribution in [0.3, 0.4) is 0 Å². The quantitative estimate of drug-likeness (QED) is 0.922. The lowest BCUT2D eigenvalue weighted by atomic mass is 9.73. The van der Waals surface area contributed by atoms with Crippen molar-refractivity contribution in [1.82, 2.24) is 0 Å². The molecule has 1 aliphatic carbocycles. The molecule has 4 atom stereocenters. The monoisotopic (exact) mass is 276 g/mol. The molecule has 0 amide bonds. The van der Waals surface area contributed by atoms with Crippen molar-refractivity contribution in [3.05, 3.63) is 35.9 Å². The van der Waals surface area contributed by atoms with Gasteiger partial charge in [-0.25, -0.2) is 0 Å². The van der Waals surface area contributed by atoms with Gasteiger partial charge in [0.05, 0.1) is 24.4 Å². The first-order chi connectivity index (χ1) is 9.39. The number of hydrogen-bond donors (Lipinski definition) is 1. The Labute approximate surface area is 120 Å². The first-order valence-corrected chi connectivity index (χ1v) is 7.45. The van der Waals surface area contributed by atoms with E-state index in [9.17, 15) is 5.11 Å². The van der Waals surface area contributed by atoms with Crippen molar-refractivity contribution in [1.29, 1.82) is 0 Å². The van der Waals surface area contributed by atoms with Crippen molar-refractivity contribution in [2.24, 2.45) is 5.92 Å². The third-order valence-electron chi connectivity index (χ3n) is 5.02. The summed E-state index contributed by atoms with van der Waals surface area (Å²) in [6, 6.07) is 10.1. The number of rotatable bonds is 3. The van der Waals surface area contributed by atoms with E-state index < -0.39 is 5.60 Å². The molecule has 2 bridgehead atoms. The van der Waals surface area contributed by atoms with Gasteiger partial charge in [-0.15, -0.1) is 0 Å². The molecule has 1 heterocycles. The maximum Gasteiger partial charge on any atom is 0.114 e. The fraction of sp³-hybridized carbons (Fsp3) is 0.647. The predicted molar refractivity (Wildman–Crippen MR) is 77.3 cm³/mol. The lowest BCUT2D eigenvalue weighted by molar-refractivity contribution is -0.176. The summed E-state index contributed by atoms with van der Waals surface area (Å²) in [7, 11) is 0. The highest BCUT2D eigenvalue weighted by atomic mass is 16.5. The summed E-state index contributed by atoms with van der Waals surface area (Å²) in [6.45, 7) is 6.63. The molecule has 0 radical (unpaired) electrons. The second kappa shape index (κ2) is 4.83. The minimum Gasteiger partial charge on any atom is -0.385 e. The summed E-state index contributed by atoms with van der Waals surface area (Å²) < 4.78 is 12.1. The molecule has 3 nitrogen and oxygen atoms in total. The van der Waals surface area contributed by atoms with Gasteiger partial charge in [-0.3, -0.25) is 0 Å². The molecule has 2 aliphatic rings. The van der Waals surface area contributed by atoms with Crippen molar-refractivity contribution in [3.8, 4) is 0 Å². The number of benzene rings is 1. The van der Waals surface area contributed by atoms with E-state index in [-0.39, 0.29) is 17.8 Å². The van der Waals surface area contributed by atoms with Crippen LogP contribution in [0.4, 0.5) is 0 Å². The molecule has 1 aliphatic heterocycles. The van der Waals surface area contributed by atoms with Crippen LogP contribution < -0.4 is 0 Å². The average Bonchev–Trinajstić information content (AvgIpc) is 2.67. The van der Waals surface area contributed by atoms with Gasteiger partial charge < -0.3 is 14.6 Å². The van der Waals surface area contributed by atoms with E-state index in [0.29, 0.717) is 12.5 Å². The molecule has 3 heteroatoms. The molecule has 0 spiro atoms. The van der Waals surface area contributed by atoms with Crippen LogP contribution in [0, 0.1) is 5.92 Å². The summed E-state index contributed by atoms with van der Waals surface area (Å²) in [5, 5.41) is 10.8. The van der Waals surface area contributed by atoms with Crippen molar-refractivity contribution >= 4 is 0 Å². The molecule has 1 saturated carbocycles. The van der Waals surface area contributed by atoms with Crippen LogP contribution in [0.5, 0.6) is 0 Å². The van der Waals surface area contributed by atoms with Crippen LogP contribution >= 0.6 is 0 Å². The Morgan fingerprint density at radius 3 is 2.60 bits per heavy atom. The Kier molecular flexibility index (Phi) is 3.39. The van der Waals surface area contributed by atoms with Crippen molar-refractivity contribution in [3.63, 3.8) is 0 Å². The first-order valence-electron chi connectivity index (χ1n) is 7.45. The van der Waals surface area contributed by atoms with E-state index >= 15 is 0 Å². The zero-order valence-electron chi connectivity index (χ0n) is 12.5. The van der Waals surface area contributed by atoms with Gasteiger partial charge in [0.25, 0.3) is 0 Å². The molecule has 1 aromatic carbocycles. The van der Waals surface area contributed by atoms with E-state index in [1.54, 1.807) is 0 Å². The van der Waals surface area contributed by atoms with Gasteiger partial charge in [0.15, 0.2) is 0 Å². The zero-order chi connectivity index (χ0) is 14.4. The number of aliphatic hydroxyl groups is 1. The molecular formula is C17H24O3. The number of hydrogen-bond acceptors (Lipinski definition) is 3. The van der Waals surface area contributed by atoms with E-state index in [1.807, 2.05) is 37.3 Å². The number of fused-ring (bicyclic) bond motifs is 2. The highest BCUT2D eigenvalue weighted by Gasteiger charge is 2.57. The highest BCUT2D eigenvalue weighted by Crippen LogP contribution is 2.49. The van der Waals surface area contributed by atoms with Gasteiger partial charge in [-0.05, 0) is 45.1 Å². The molecular weight excluding hydrogens is 252 g/mol. The second-order valence-corrected chi connectivity index (χ2v) is 6.89. The molecule has 2 fully saturated rings. The first kappa shape index (κ1) is 14.1. The van der Waals surface area contributed by atoms with Crippen molar-refractivity contribution in [2.45, 2.75) is 63.6 Å². The standard InChI is InChI=1S/C17H24O3/c1-16(2)13-9-14(17(3,18)15(10-13)20-16)19-11-12-7-5-4-6-8-12/h4-8,13-15,18H,9-11H2,1-3H3. The smallest absolute Gasteiger partial charge is 0.114 e. The van der Waals surface area contributed by atoms with E-state index in [4.69, 9.17) is 9.47 Å². The maximum atomic E-state index is 10.8. The second-order valence-electron chi connectivity index (χ2n) is 6.89. The van der Waals surface area contributed by atoms with E-state index in [2.05, 4.69) is 13.8 Å². The molecule has 3 rings (SSSR count). The van der Waals surface area contributed by atoms with Crippen LogP contribution in [0.2, 0.25) is 0 Å². The molecule has 0 aromatic heterocycles. The van der Waals surface area contributed by atoms with Gasteiger partial charge in [0.1, 0.15) is 5.60 Å². The number of ether oxygens (including phenoxy) is 2. The van der Waals surface area contributed by atoms with Crippen molar-refractivity contribution < 1.29 is 14.6 Å². The van der Waals surface area contributed by atoms with Gasteiger partial charge >= 0.3 is 0 Å². The summed E-state index contributed by atoms with van der Waals surface area (Å²) in [5.41, 5.74) is 0.0832. The lowest BCUT2D eigenvalue weighted by Crippen LogP contribution is -2.53. The van der Waals surface area contributed by atoms with Crippen LogP contribution in [0.25, 0.3) is 0 Å². The van der Waals surface area contributed by atoms with Crippen molar-refractivity contribution in [2.75, 3.05) is 0 Å². The topological polar surface area (TPSA) is 38.7 Å².